The second-order valence-corrected chi connectivity index (χ2v) is 10.6. The first-order valence-electron chi connectivity index (χ1n) is 12.1. The maximum Gasteiger partial charge on any atom is 0.408 e. The maximum absolute atomic E-state index is 12.7. The number of carbonyl (C=O) groups excluding carboxylic acids is 1. The Morgan fingerprint density at radius 3 is 2.40 bits per heavy atom. The van der Waals surface area contributed by atoms with Crippen LogP contribution in [0.4, 0.5) is 4.79 Å². The number of carbonyl (C=O) groups is 1. The molecule has 1 N–H and O–H groups in total. The molecular weight excluding hydrogens is 462 g/mol. The molecule has 0 saturated heterocycles. The van der Waals surface area contributed by atoms with Gasteiger partial charge in [0.05, 0.1) is 17.8 Å². The van der Waals surface area contributed by atoms with Crippen molar-refractivity contribution in [1.29, 1.82) is 0 Å². The molecule has 1 aliphatic rings. The first-order valence-corrected chi connectivity index (χ1v) is 12.5. The lowest BCUT2D eigenvalue weighted by Crippen LogP contribution is -2.39. The van der Waals surface area contributed by atoms with E-state index in [9.17, 15) is 9.59 Å². The Kier molecular flexibility index (Phi) is 7.60. The zero-order valence-corrected chi connectivity index (χ0v) is 21.2. The summed E-state index contributed by atoms with van der Waals surface area (Å²) >= 11 is 6.27. The van der Waals surface area contributed by atoms with E-state index in [0.29, 0.717) is 5.02 Å². The molecule has 1 fully saturated rings. The quantitative estimate of drug-likeness (QED) is 0.436. The van der Waals surface area contributed by atoms with Crippen molar-refractivity contribution < 1.29 is 9.53 Å². The minimum Gasteiger partial charge on any atom is -0.444 e. The Bertz CT molecular complexity index is 1210. The van der Waals surface area contributed by atoms with Crippen LogP contribution >= 0.6 is 11.6 Å². The number of hydrogen-bond donors (Lipinski definition) is 1. The topological polar surface area (TPSA) is 73.2 Å². The van der Waals surface area contributed by atoms with Gasteiger partial charge >= 0.3 is 6.09 Å². The van der Waals surface area contributed by atoms with Crippen LogP contribution in [0.5, 0.6) is 0 Å². The van der Waals surface area contributed by atoms with Gasteiger partial charge in [0.1, 0.15) is 5.60 Å². The normalized spacial score (nSPS) is 19.1. The van der Waals surface area contributed by atoms with Gasteiger partial charge in [-0.25, -0.2) is 9.48 Å². The molecule has 1 aromatic heterocycles. The second-order valence-electron chi connectivity index (χ2n) is 10.1. The number of alkyl carbamates (subject to hydrolysis) is 1. The highest BCUT2D eigenvalue weighted by Gasteiger charge is 2.32. The number of benzene rings is 2. The molecule has 35 heavy (non-hydrogen) atoms. The number of aromatic nitrogens is 2. The number of nitrogens with zero attached hydrogens (tertiary/aromatic N) is 2. The summed E-state index contributed by atoms with van der Waals surface area (Å²) in [6.07, 6.45) is 2.81. The summed E-state index contributed by atoms with van der Waals surface area (Å²) in [6.45, 7) is 5.54. The summed E-state index contributed by atoms with van der Waals surface area (Å²) < 4.78 is 7.17. The summed E-state index contributed by atoms with van der Waals surface area (Å²) in [5.41, 5.74) is 2.05. The Morgan fingerprint density at radius 1 is 1.03 bits per heavy atom. The Labute approximate surface area is 211 Å². The lowest BCUT2D eigenvalue weighted by molar-refractivity contribution is 0.0471. The second kappa shape index (κ2) is 10.6. The maximum atomic E-state index is 12.7. The van der Waals surface area contributed by atoms with E-state index in [2.05, 4.69) is 5.32 Å². The number of hydrogen-bond acceptors (Lipinski definition) is 4. The van der Waals surface area contributed by atoms with Gasteiger partial charge in [-0.3, -0.25) is 4.79 Å². The van der Waals surface area contributed by atoms with Gasteiger partial charge in [-0.15, -0.1) is 0 Å². The van der Waals surface area contributed by atoms with Crippen LogP contribution in [0.1, 0.15) is 64.1 Å². The van der Waals surface area contributed by atoms with Crippen LogP contribution in [0.3, 0.4) is 0 Å². The van der Waals surface area contributed by atoms with Crippen molar-refractivity contribution in [3.8, 4) is 11.3 Å². The molecule has 1 atom stereocenters. The van der Waals surface area contributed by atoms with Gasteiger partial charge in [0.15, 0.2) is 0 Å². The first-order chi connectivity index (χ1) is 16.7. The molecule has 7 heteroatoms. The third kappa shape index (κ3) is 6.51. The smallest absolute Gasteiger partial charge is 0.408 e. The molecule has 4 rings (SSSR count). The minimum atomic E-state index is -0.586. The van der Waals surface area contributed by atoms with Crippen molar-refractivity contribution in [3.63, 3.8) is 0 Å². The first kappa shape index (κ1) is 25.0. The standard InChI is InChI=1S/C28H32ClN3O3/c1-28(2,3)35-27(34)30-26(21-10-7-11-22(29)18-21)20-12-14-23(15-13-20)32-25(33)17-16-24(31-32)19-8-5-4-6-9-19/h4-11,16-18,20,23,26H,12-15H2,1-3H3,(H,30,34). The molecule has 1 unspecified atom stereocenters. The third-order valence-corrected chi connectivity index (χ3v) is 6.57. The Hall–Kier alpha value is -3.12. The minimum absolute atomic E-state index is 0.0175. The zero-order valence-electron chi connectivity index (χ0n) is 20.4. The van der Waals surface area contributed by atoms with Crippen molar-refractivity contribution in [1.82, 2.24) is 15.1 Å². The molecule has 184 valence electrons. The van der Waals surface area contributed by atoms with E-state index in [1.165, 1.54) is 0 Å². The van der Waals surface area contributed by atoms with Crippen LogP contribution < -0.4 is 10.9 Å². The van der Waals surface area contributed by atoms with Gasteiger partial charge in [-0.2, -0.15) is 5.10 Å². The SMILES string of the molecule is CC(C)(C)OC(=O)NC(c1cccc(Cl)c1)C1CCC(n2nc(-c3ccccc3)ccc2=O)CC1. The Morgan fingerprint density at radius 2 is 1.74 bits per heavy atom. The highest BCUT2D eigenvalue weighted by Crippen LogP contribution is 2.39. The van der Waals surface area contributed by atoms with E-state index < -0.39 is 11.7 Å². The van der Waals surface area contributed by atoms with Crippen LogP contribution in [0, 0.1) is 5.92 Å². The summed E-state index contributed by atoms with van der Waals surface area (Å²) in [4.78, 5) is 25.3. The van der Waals surface area contributed by atoms with Gasteiger partial charge in [-0.1, -0.05) is 54.1 Å². The number of rotatable bonds is 5. The molecule has 0 bridgehead atoms. The van der Waals surface area contributed by atoms with E-state index in [1.807, 2.05) is 75.4 Å². The number of ether oxygens (including phenoxy) is 1. The van der Waals surface area contributed by atoms with Crippen LogP contribution in [-0.2, 0) is 4.74 Å². The van der Waals surface area contributed by atoms with Crippen molar-refractivity contribution in [2.45, 2.75) is 64.1 Å². The van der Waals surface area contributed by atoms with Crippen LogP contribution in [-0.4, -0.2) is 21.5 Å². The average molecular weight is 494 g/mol. The molecule has 3 aromatic rings. The summed E-state index contributed by atoms with van der Waals surface area (Å²) in [7, 11) is 0. The molecule has 2 aromatic carbocycles. The fourth-order valence-electron chi connectivity index (χ4n) is 4.74. The molecular formula is C28H32ClN3O3. The van der Waals surface area contributed by atoms with E-state index in [4.69, 9.17) is 21.4 Å². The molecule has 0 aliphatic heterocycles. The van der Waals surface area contributed by atoms with E-state index >= 15 is 0 Å². The molecule has 0 spiro atoms. The zero-order chi connectivity index (χ0) is 25.0. The third-order valence-electron chi connectivity index (χ3n) is 6.33. The fraction of sp³-hybridized carbons (Fsp3) is 0.393. The number of nitrogens with one attached hydrogen (secondary N) is 1. The molecule has 0 radical (unpaired) electrons. The van der Waals surface area contributed by atoms with Gasteiger partial charge in [-0.05, 0) is 76.1 Å². The van der Waals surface area contributed by atoms with Gasteiger partial charge < -0.3 is 10.1 Å². The molecule has 1 heterocycles. The molecule has 1 aliphatic carbocycles. The van der Waals surface area contributed by atoms with Gasteiger partial charge in [0.2, 0.25) is 0 Å². The van der Waals surface area contributed by atoms with Gasteiger partial charge in [0, 0.05) is 16.7 Å². The summed E-state index contributed by atoms with van der Waals surface area (Å²) in [6, 6.07) is 20.6. The van der Waals surface area contributed by atoms with E-state index in [-0.39, 0.29) is 23.6 Å². The average Bonchev–Trinajstić information content (AvgIpc) is 2.82. The Balaban J connectivity index is 1.52. The predicted molar refractivity (Wildman–Crippen MR) is 138 cm³/mol. The van der Waals surface area contributed by atoms with Crippen molar-refractivity contribution in [2.24, 2.45) is 5.92 Å². The van der Waals surface area contributed by atoms with Crippen molar-refractivity contribution in [2.75, 3.05) is 0 Å². The van der Waals surface area contributed by atoms with Crippen molar-refractivity contribution in [3.05, 3.63) is 87.7 Å². The number of amides is 1. The lowest BCUT2D eigenvalue weighted by atomic mass is 9.79. The number of halogens is 1. The molecule has 1 saturated carbocycles. The van der Waals surface area contributed by atoms with Crippen LogP contribution in [0.25, 0.3) is 11.3 Å². The van der Waals surface area contributed by atoms with E-state index in [0.717, 1.165) is 42.5 Å². The highest BCUT2D eigenvalue weighted by atomic mass is 35.5. The fourth-order valence-corrected chi connectivity index (χ4v) is 4.94. The summed E-state index contributed by atoms with van der Waals surface area (Å²) in [5, 5.41) is 8.40. The van der Waals surface area contributed by atoms with Crippen molar-refractivity contribution >= 4 is 17.7 Å². The van der Waals surface area contributed by atoms with Gasteiger partial charge in [0.25, 0.3) is 5.56 Å². The highest BCUT2D eigenvalue weighted by molar-refractivity contribution is 6.30. The van der Waals surface area contributed by atoms with E-state index in [1.54, 1.807) is 16.8 Å². The molecule has 1 amide bonds. The monoisotopic (exact) mass is 493 g/mol. The molecule has 6 nitrogen and oxygen atoms in total. The largest absolute Gasteiger partial charge is 0.444 e. The lowest BCUT2D eigenvalue weighted by Gasteiger charge is -2.35. The summed E-state index contributed by atoms with van der Waals surface area (Å²) in [5.74, 6) is 0.185. The van der Waals surface area contributed by atoms with Crippen LogP contribution in [0.15, 0.2) is 71.5 Å². The van der Waals surface area contributed by atoms with Crippen LogP contribution in [0.2, 0.25) is 5.02 Å². The predicted octanol–water partition coefficient (Wildman–Crippen LogP) is 6.56.